The molecule has 0 aliphatic carbocycles. The van der Waals surface area contributed by atoms with Gasteiger partial charge in [0.1, 0.15) is 6.23 Å². The SMILES string of the molecule is O=S([O-])CN1CCN(Cc2cc3nc(-c4cccc5nn(C6CCCCO6)cc45)nc(N4CCOCC4)c3s2)CC1. The predicted molar refractivity (Wildman–Crippen MR) is 159 cm³/mol. The Balaban J connectivity index is 1.22. The number of anilines is 1. The van der Waals surface area contributed by atoms with Gasteiger partial charge in [-0.05, 0) is 42.5 Å². The van der Waals surface area contributed by atoms with Crippen molar-refractivity contribution in [2.45, 2.75) is 32.0 Å². The number of thiophene rings is 1. The highest BCUT2D eigenvalue weighted by Gasteiger charge is 2.24. The topological polar surface area (TPSA) is 112 Å². The molecular formula is C28H34N7O4S2-. The second-order valence-corrected chi connectivity index (χ2v) is 12.9. The van der Waals surface area contributed by atoms with Gasteiger partial charge in [-0.3, -0.25) is 14.0 Å². The predicted octanol–water partition coefficient (Wildman–Crippen LogP) is 3.20. The Bertz CT molecular complexity index is 1540. The van der Waals surface area contributed by atoms with Gasteiger partial charge in [-0.2, -0.15) is 5.10 Å². The van der Waals surface area contributed by atoms with E-state index in [0.717, 1.165) is 104 Å². The van der Waals surface area contributed by atoms with Crippen molar-refractivity contribution in [2.75, 3.05) is 69.9 Å². The first-order chi connectivity index (χ1) is 20.1. The quantitative estimate of drug-likeness (QED) is 0.295. The van der Waals surface area contributed by atoms with E-state index in [9.17, 15) is 8.76 Å². The summed E-state index contributed by atoms with van der Waals surface area (Å²) in [7, 11) is 0. The zero-order valence-electron chi connectivity index (χ0n) is 22.9. The Morgan fingerprint density at radius 1 is 1.00 bits per heavy atom. The van der Waals surface area contributed by atoms with E-state index < -0.39 is 11.1 Å². The molecule has 2 atom stereocenters. The van der Waals surface area contributed by atoms with Crippen LogP contribution in [0.15, 0.2) is 30.5 Å². The molecule has 1 aromatic carbocycles. The van der Waals surface area contributed by atoms with Crippen LogP contribution < -0.4 is 4.90 Å². The minimum Gasteiger partial charge on any atom is -0.771 e. The molecule has 3 saturated heterocycles. The minimum atomic E-state index is -2.04. The van der Waals surface area contributed by atoms with Crippen LogP contribution in [0.1, 0.15) is 30.4 Å². The molecule has 41 heavy (non-hydrogen) atoms. The van der Waals surface area contributed by atoms with E-state index in [1.165, 1.54) is 4.88 Å². The Morgan fingerprint density at radius 3 is 2.61 bits per heavy atom. The smallest absolute Gasteiger partial charge is 0.162 e. The van der Waals surface area contributed by atoms with Crippen LogP contribution in [0.3, 0.4) is 0 Å². The van der Waals surface area contributed by atoms with Gasteiger partial charge in [-0.25, -0.2) is 14.6 Å². The maximum absolute atomic E-state index is 11.1. The third kappa shape index (κ3) is 5.89. The molecule has 3 aliphatic heterocycles. The van der Waals surface area contributed by atoms with Gasteiger partial charge in [0.2, 0.25) is 0 Å². The van der Waals surface area contributed by atoms with Crippen LogP contribution in [-0.4, -0.2) is 103 Å². The van der Waals surface area contributed by atoms with Crippen LogP contribution >= 0.6 is 11.3 Å². The lowest BCUT2D eigenvalue weighted by Crippen LogP contribution is -2.46. The van der Waals surface area contributed by atoms with Gasteiger partial charge in [-0.1, -0.05) is 12.1 Å². The van der Waals surface area contributed by atoms with Gasteiger partial charge < -0.3 is 18.9 Å². The summed E-state index contributed by atoms with van der Waals surface area (Å²) in [6.07, 6.45) is 5.28. The Morgan fingerprint density at radius 2 is 1.83 bits per heavy atom. The average molecular weight is 597 g/mol. The number of hydrogen-bond donors (Lipinski definition) is 0. The van der Waals surface area contributed by atoms with E-state index in [1.807, 2.05) is 21.7 Å². The number of fused-ring (bicyclic) bond motifs is 2. The molecule has 3 aromatic heterocycles. The molecule has 218 valence electrons. The molecule has 7 rings (SSSR count). The molecule has 3 fully saturated rings. The lowest BCUT2D eigenvalue weighted by Gasteiger charge is -2.34. The van der Waals surface area contributed by atoms with Crippen molar-refractivity contribution >= 4 is 49.4 Å². The van der Waals surface area contributed by atoms with E-state index in [4.69, 9.17) is 24.5 Å². The number of nitrogens with zero attached hydrogens (tertiary/aromatic N) is 7. The molecule has 0 N–H and O–H groups in total. The van der Waals surface area contributed by atoms with E-state index in [-0.39, 0.29) is 12.1 Å². The average Bonchev–Trinajstić information content (AvgIpc) is 3.62. The van der Waals surface area contributed by atoms with Crippen molar-refractivity contribution in [1.82, 2.24) is 29.5 Å². The first kappa shape index (κ1) is 27.3. The van der Waals surface area contributed by atoms with Crippen molar-refractivity contribution in [3.8, 4) is 11.4 Å². The highest BCUT2D eigenvalue weighted by atomic mass is 32.2. The van der Waals surface area contributed by atoms with E-state index in [1.54, 1.807) is 11.3 Å². The van der Waals surface area contributed by atoms with E-state index in [2.05, 4.69) is 28.1 Å². The summed E-state index contributed by atoms with van der Waals surface area (Å²) in [4.78, 5) is 18.2. The number of benzene rings is 1. The second-order valence-electron chi connectivity index (χ2n) is 10.9. The summed E-state index contributed by atoms with van der Waals surface area (Å²) < 4.78 is 36.9. The van der Waals surface area contributed by atoms with Crippen molar-refractivity contribution in [1.29, 1.82) is 0 Å². The van der Waals surface area contributed by atoms with Gasteiger partial charge in [0, 0.05) is 74.4 Å². The number of piperazine rings is 1. The Hall–Kier alpha value is -2.52. The third-order valence-electron chi connectivity index (χ3n) is 8.11. The minimum absolute atomic E-state index is 0.0277. The number of hydrogen-bond acceptors (Lipinski definition) is 11. The maximum atomic E-state index is 11.1. The Labute approximate surface area is 245 Å². The Kier molecular flexibility index (Phi) is 7.99. The molecule has 2 unspecified atom stereocenters. The zero-order valence-corrected chi connectivity index (χ0v) is 24.6. The van der Waals surface area contributed by atoms with Gasteiger partial charge >= 0.3 is 0 Å². The van der Waals surface area contributed by atoms with Crippen LogP contribution in [0.2, 0.25) is 0 Å². The molecule has 3 aliphatic rings. The number of rotatable bonds is 7. The fourth-order valence-corrected chi connectivity index (χ4v) is 7.65. The molecule has 0 amide bonds. The van der Waals surface area contributed by atoms with Crippen LogP contribution in [0.5, 0.6) is 0 Å². The summed E-state index contributed by atoms with van der Waals surface area (Å²) in [5.41, 5.74) is 2.84. The number of morpholine rings is 1. The van der Waals surface area contributed by atoms with Crippen LogP contribution in [0.4, 0.5) is 5.82 Å². The molecule has 4 aromatic rings. The summed E-state index contributed by atoms with van der Waals surface area (Å²) in [5, 5.41) is 5.88. The standard InChI is InChI=1S/C28H35N7O4S2/c36-41(37)19-33-9-7-32(8-10-33)17-20-16-24-26(40-20)28(34-11-14-38-15-12-34)30-27(29-24)21-4-3-5-23-22(21)18-35(31-23)25-6-1-2-13-39-25/h3-5,16,18,25H,1-2,6-15,17,19H2,(H,36,37)/p-1. The fourth-order valence-electron chi connectivity index (χ4n) is 5.93. The fraction of sp³-hybridized carbons (Fsp3) is 0.536. The summed E-state index contributed by atoms with van der Waals surface area (Å²) in [5.74, 6) is 1.78. The normalized spacial score (nSPS) is 22.1. The molecular weight excluding hydrogens is 562 g/mol. The van der Waals surface area contributed by atoms with Gasteiger partial charge in [0.05, 0.1) is 34.8 Å². The summed E-state index contributed by atoms with van der Waals surface area (Å²) in [6.45, 7) is 7.74. The lowest BCUT2D eigenvalue weighted by molar-refractivity contribution is -0.0390. The number of ether oxygens (including phenoxy) is 2. The van der Waals surface area contributed by atoms with E-state index >= 15 is 0 Å². The van der Waals surface area contributed by atoms with Crippen molar-refractivity contribution in [2.24, 2.45) is 0 Å². The monoisotopic (exact) mass is 596 g/mol. The molecule has 0 radical (unpaired) electrons. The van der Waals surface area contributed by atoms with Gasteiger partial charge in [-0.15, -0.1) is 11.3 Å². The van der Waals surface area contributed by atoms with Crippen LogP contribution in [0.25, 0.3) is 32.5 Å². The lowest BCUT2D eigenvalue weighted by atomic mass is 10.1. The summed E-state index contributed by atoms with van der Waals surface area (Å²) in [6, 6.07) is 8.35. The van der Waals surface area contributed by atoms with Crippen molar-refractivity contribution < 1.29 is 18.2 Å². The summed E-state index contributed by atoms with van der Waals surface area (Å²) >= 11 is -0.278. The molecule has 0 saturated carbocycles. The van der Waals surface area contributed by atoms with Gasteiger partial charge in [0.15, 0.2) is 11.6 Å². The molecule has 6 heterocycles. The van der Waals surface area contributed by atoms with Crippen molar-refractivity contribution in [3.05, 3.63) is 35.3 Å². The van der Waals surface area contributed by atoms with Crippen LogP contribution in [-0.2, 0) is 27.1 Å². The number of aromatic nitrogens is 4. The van der Waals surface area contributed by atoms with Gasteiger partial charge in [0.25, 0.3) is 0 Å². The zero-order chi connectivity index (χ0) is 27.8. The maximum Gasteiger partial charge on any atom is 0.162 e. The van der Waals surface area contributed by atoms with E-state index in [0.29, 0.717) is 19.0 Å². The largest absolute Gasteiger partial charge is 0.771 e. The second kappa shape index (κ2) is 12.0. The van der Waals surface area contributed by atoms with Crippen molar-refractivity contribution in [3.63, 3.8) is 0 Å². The molecule has 11 nitrogen and oxygen atoms in total. The first-order valence-electron chi connectivity index (χ1n) is 14.3. The first-order valence-corrected chi connectivity index (χ1v) is 16.4. The molecule has 0 bridgehead atoms. The van der Waals surface area contributed by atoms with Crippen LogP contribution in [0, 0.1) is 0 Å². The third-order valence-corrected chi connectivity index (χ3v) is 9.79. The molecule has 13 heteroatoms. The molecule has 0 spiro atoms. The highest BCUT2D eigenvalue weighted by molar-refractivity contribution is 7.79. The highest BCUT2D eigenvalue weighted by Crippen LogP contribution is 2.37.